The molecule has 0 bridgehead atoms. The van der Waals surface area contributed by atoms with Gasteiger partial charge in [0.25, 0.3) is 5.91 Å². The molecule has 4 amide bonds. The summed E-state index contributed by atoms with van der Waals surface area (Å²) in [6.07, 6.45) is 3.08. The summed E-state index contributed by atoms with van der Waals surface area (Å²) in [5, 5.41) is 5.90. The third-order valence-electron chi connectivity index (χ3n) is 6.08. The molecule has 2 aromatic rings. The van der Waals surface area contributed by atoms with E-state index in [1.54, 1.807) is 25.1 Å². The summed E-state index contributed by atoms with van der Waals surface area (Å²) in [4.78, 5) is 39.9. The Bertz CT molecular complexity index is 1090. The van der Waals surface area contributed by atoms with E-state index in [9.17, 15) is 14.4 Å². The van der Waals surface area contributed by atoms with E-state index in [-0.39, 0.29) is 0 Å². The van der Waals surface area contributed by atoms with E-state index in [0.717, 1.165) is 29.7 Å². The van der Waals surface area contributed by atoms with Gasteiger partial charge in [-0.3, -0.25) is 9.59 Å². The fourth-order valence-corrected chi connectivity index (χ4v) is 4.40. The van der Waals surface area contributed by atoms with Crippen molar-refractivity contribution in [2.75, 3.05) is 12.4 Å². The lowest BCUT2D eigenvalue weighted by Gasteiger charge is -2.25. The number of methoxy groups -OCH3 is 1. The van der Waals surface area contributed by atoms with Crippen LogP contribution in [0.15, 0.2) is 36.4 Å². The highest BCUT2D eigenvalue weighted by Crippen LogP contribution is 2.34. The number of nitrogens with one attached hydrogen (secondary N) is 2. The van der Waals surface area contributed by atoms with Gasteiger partial charge in [0, 0.05) is 5.02 Å². The maximum Gasteiger partial charge on any atom is 0.326 e. The molecule has 162 valence electrons. The lowest BCUT2D eigenvalue weighted by molar-refractivity contribution is -0.136. The molecular weight excluding hydrogens is 418 g/mol. The summed E-state index contributed by atoms with van der Waals surface area (Å²) in [6.45, 7) is 3.19. The average molecular weight is 442 g/mol. The van der Waals surface area contributed by atoms with E-state index in [1.165, 1.54) is 25.2 Å². The number of hydrogen-bond acceptors (Lipinski definition) is 4. The molecule has 2 aliphatic rings. The number of urea groups is 1. The van der Waals surface area contributed by atoms with Gasteiger partial charge in [0.2, 0.25) is 5.91 Å². The minimum atomic E-state index is -1.23. The lowest BCUT2D eigenvalue weighted by Crippen LogP contribution is -2.47. The third-order valence-corrected chi connectivity index (χ3v) is 6.32. The highest BCUT2D eigenvalue weighted by molar-refractivity contribution is 6.31. The Morgan fingerprint density at radius 1 is 1.19 bits per heavy atom. The van der Waals surface area contributed by atoms with Crippen LogP contribution < -0.4 is 15.4 Å². The second-order valence-electron chi connectivity index (χ2n) is 8.08. The molecule has 7 nitrogen and oxygen atoms in total. The maximum atomic E-state index is 13.3. The highest BCUT2D eigenvalue weighted by atomic mass is 35.5. The molecule has 0 saturated carbocycles. The second-order valence-corrected chi connectivity index (χ2v) is 8.51. The van der Waals surface area contributed by atoms with Crippen molar-refractivity contribution in [2.45, 2.75) is 44.7 Å². The first kappa shape index (κ1) is 21.2. The zero-order chi connectivity index (χ0) is 22.3. The van der Waals surface area contributed by atoms with Crippen LogP contribution in [0.2, 0.25) is 5.02 Å². The van der Waals surface area contributed by atoms with Crippen LogP contribution in [0, 0.1) is 0 Å². The molecule has 1 aliphatic carbocycles. The number of benzene rings is 2. The van der Waals surface area contributed by atoms with Gasteiger partial charge >= 0.3 is 6.03 Å². The molecule has 4 rings (SSSR count). The first-order chi connectivity index (χ1) is 14.7. The number of rotatable bonds is 5. The Labute approximate surface area is 185 Å². The number of carbonyl (C=O) groups excluding carboxylic acids is 3. The molecule has 1 aliphatic heterocycles. The maximum absolute atomic E-state index is 13.3. The van der Waals surface area contributed by atoms with Gasteiger partial charge in [-0.25, -0.2) is 9.69 Å². The van der Waals surface area contributed by atoms with Crippen LogP contribution in [0.1, 0.15) is 37.0 Å². The quantitative estimate of drug-likeness (QED) is 0.693. The molecule has 0 unspecified atom stereocenters. The number of imide groups is 1. The number of ether oxygens (including phenoxy) is 1. The molecule has 0 radical (unpaired) electrons. The van der Waals surface area contributed by atoms with Crippen LogP contribution >= 0.6 is 11.6 Å². The Morgan fingerprint density at radius 2 is 1.94 bits per heavy atom. The predicted molar refractivity (Wildman–Crippen MR) is 117 cm³/mol. The number of aryl methyl sites for hydroxylation is 2. The van der Waals surface area contributed by atoms with Crippen molar-refractivity contribution in [3.8, 4) is 5.75 Å². The van der Waals surface area contributed by atoms with Crippen LogP contribution in [-0.2, 0) is 28.0 Å². The van der Waals surface area contributed by atoms with Crippen LogP contribution in [0.5, 0.6) is 5.75 Å². The zero-order valence-corrected chi connectivity index (χ0v) is 18.4. The first-order valence-electron chi connectivity index (χ1n) is 10.2. The monoisotopic (exact) mass is 441 g/mol. The molecule has 2 atom stereocenters. The minimum Gasteiger partial charge on any atom is -0.495 e. The first-order valence-corrected chi connectivity index (χ1v) is 10.5. The van der Waals surface area contributed by atoms with Gasteiger partial charge in [-0.2, -0.15) is 0 Å². The number of halogens is 1. The topological polar surface area (TPSA) is 87.7 Å². The van der Waals surface area contributed by atoms with Gasteiger partial charge in [0.15, 0.2) is 0 Å². The fourth-order valence-electron chi connectivity index (χ4n) is 4.22. The minimum absolute atomic E-state index is 0.361. The van der Waals surface area contributed by atoms with Gasteiger partial charge in [0.1, 0.15) is 17.3 Å². The van der Waals surface area contributed by atoms with Gasteiger partial charge in [-0.1, -0.05) is 29.8 Å². The summed E-state index contributed by atoms with van der Waals surface area (Å²) < 4.78 is 5.24. The molecule has 2 N–H and O–H groups in total. The van der Waals surface area contributed by atoms with Crippen LogP contribution in [0.3, 0.4) is 0 Å². The second kappa shape index (κ2) is 7.89. The number of anilines is 1. The summed E-state index contributed by atoms with van der Waals surface area (Å²) in [5.74, 6) is -0.566. The highest BCUT2D eigenvalue weighted by Gasteiger charge is 2.52. The fraction of sp³-hybridized carbons (Fsp3) is 0.348. The summed E-state index contributed by atoms with van der Waals surface area (Å²) >= 11 is 6.02. The SMILES string of the molecule is COc1ccc(Cl)cc1NC(=O)[C@H](C)N1C(=O)N[C@@](C)(c2ccc3c(c2)CCC3)C1=O. The van der Waals surface area contributed by atoms with Crippen molar-refractivity contribution >= 4 is 35.1 Å². The summed E-state index contributed by atoms with van der Waals surface area (Å²) in [5.41, 5.74) is 2.34. The Balaban J connectivity index is 1.57. The van der Waals surface area contributed by atoms with E-state index in [1.807, 2.05) is 18.2 Å². The largest absolute Gasteiger partial charge is 0.495 e. The van der Waals surface area contributed by atoms with Crippen molar-refractivity contribution in [2.24, 2.45) is 0 Å². The molecule has 0 spiro atoms. The van der Waals surface area contributed by atoms with E-state index in [0.29, 0.717) is 16.5 Å². The molecule has 1 saturated heterocycles. The molecule has 8 heteroatoms. The van der Waals surface area contributed by atoms with Crippen LogP contribution in [0.4, 0.5) is 10.5 Å². The molecule has 0 aromatic heterocycles. The van der Waals surface area contributed by atoms with Crippen LogP contribution in [-0.4, -0.2) is 35.9 Å². The Kier molecular flexibility index (Phi) is 5.39. The van der Waals surface area contributed by atoms with Crippen molar-refractivity contribution in [3.05, 3.63) is 58.1 Å². The molecule has 1 fully saturated rings. The van der Waals surface area contributed by atoms with Crippen molar-refractivity contribution in [1.29, 1.82) is 0 Å². The Morgan fingerprint density at radius 3 is 2.68 bits per heavy atom. The predicted octanol–water partition coefficient (Wildman–Crippen LogP) is 3.63. The van der Waals surface area contributed by atoms with Crippen molar-refractivity contribution < 1.29 is 19.1 Å². The molecular formula is C23H24ClN3O4. The molecule has 1 heterocycles. The smallest absolute Gasteiger partial charge is 0.326 e. The van der Waals surface area contributed by atoms with E-state index in [4.69, 9.17) is 16.3 Å². The normalized spacial score (nSPS) is 21.0. The molecule has 31 heavy (non-hydrogen) atoms. The van der Waals surface area contributed by atoms with Gasteiger partial charge in [-0.05, 0) is 68.0 Å². The third kappa shape index (κ3) is 3.63. The van der Waals surface area contributed by atoms with Crippen LogP contribution in [0.25, 0.3) is 0 Å². The molecule has 2 aromatic carbocycles. The number of hydrogen-bond donors (Lipinski definition) is 2. The summed E-state index contributed by atoms with van der Waals surface area (Å²) in [7, 11) is 1.47. The zero-order valence-electron chi connectivity index (χ0n) is 17.6. The van der Waals surface area contributed by atoms with Gasteiger partial charge < -0.3 is 15.4 Å². The Hall–Kier alpha value is -3.06. The number of carbonyl (C=O) groups is 3. The average Bonchev–Trinajstić information content (AvgIpc) is 3.29. The summed E-state index contributed by atoms with van der Waals surface area (Å²) in [6, 6.07) is 9.07. The van der Waals surface area contributed by atoms with Crippen molar-refractivity contribution in [1.82, 2.24) is 10.2 Å². The number of fused-ring (bicyclic) bond motifs is 1. The van der Waals surface area contributed by atoms with E-state index >= 15 is 0 Å². The lowest BCUT2D eigenvalue weighted by atomic mass is 9.89. The van der Waals surface area contributed by atoms with E-state index in [2.05, 4.69) is 10.6 Å². The standard InChI is InChI=1S/C23H24ClN3O4/c1-13(20(28)25-18-12-17(24)9-10-19(18)31-3)27-21(29)23(2,26-22(27)30)16-8-7-14-5-4-6-15(14)11-16/h7-13H,4-6H2,1-3H3,(H,25,28)(H,26,30)/t13-,23-/m0/s1. The number of amides is 4. The van der Waals surface area contributed by atoms with Gasteiger partial charge in [-0.15, -0.1) is 0 Å². The van der Waals surface area contributed by atoms with E-state index < -0.39 is 29.4 Å². The number of nitrogens with zero attached hydrogens (tertiary/aromatic N) is 1. The van der Waals surface area contributed by atoms with Gasteiger partial charge in [0.05, 0.1) is 12.8 Å². The van der Waals surface area contributed by atoms with Crippen molar-refractivity contribution in [3.63, 3.8) is 0 Å².